The van der Waals surface area contributed by atoms with Crippen molar-refractivity contribution < 1.29 is 0 Å². The molecule has 4 heteroatoms. The third-order valence-electron chi connectivity index (χ3n) is 2.83. The zero-order chi connectivity index (χ0) is 10.9. The lowest BCUT2D eigenvalue weighted by Gasteiger charge is -2.20. The normalized spacial score (nSPS) is 19.5. The maximum atomic E-state index is 5.67. The van der Waals surface area contributed by atoms with E-state index in [9.17, 15) is 0 Å². The van der Waals surface area contributed by atoms with Crippen molar-refractivity contribution in [1.29, 1.82) is 0 Å². The van der Waals surface area contributed by atoms with Crippen molar-refractivity contribution in [1.82, 2.24) is 9.97 Å². The summed E-state index contributed by atoms with van der Waals surface area (Å²) in [7, 11) is 0. The van der Waals surface area contributed by atoms with Crippen LogP contribution < -0.4 is 4.90 Å². The first kappa shape index (κ1) is 10.7. The van der Waals surface area contributed by atoms with E-state index in [1.807, 2.05) is 6.20 Å². The molecule has 3 nitrogen and oxygen atoms in total. The number of nitrogens with zero attached hydrogens (tertiary/aromatic N) is 3. The maximum absolute atomic E-state index is 5.67. The Morgan fingerprint density at radius 3 is 2.67 bits per heavy atom. The molecule has 1 fully saturated rings. The van der Waals surface area contributed by atoms with E-state index in [-0.39, 0.29) is 0 Å². The Morgan fingerprint density at radius 1 is 1.40 bits per heavy atom. The third-order valence-corrected chi connectivity index (χ3v) is 3.10. The summed E-state index contributed by atoms with van der Waals surface area (Å²) >= 11 is 5.67. The lowest BCUT2D eigenvalue weighted by atomic mass is 9.93. The van der Waals surface area contributed by atoms with E-state index >= 15 is 0 Å². The fourth-order valence-electron chi connectivity index (χ4n) is 1.89. The molecule has 0 aliphatic carbocycles. The van der Waals surface area contributed by atoms with Crippen molar-refractivity contribution in [2.24, 2.45) is 5.41 Å². The van der Waals surface area contributed by atoms with E-state index in [0.29, 0.717) is 11.3 Å². The van der Waals surface area contributed by atoms with Gasteiger partial charge in [0.15, 0.2) is 0 Å². The molecule has 0 atom stereocenters. The SMILES string of the molecule is CC1(C)CCN(c2cnc(CCl)cn2)C1. The van der Waals surface area contributed by atoms with Gasteiger partial charge in [-0.05, 0) is 11.8 Å². The summed E-state index contributed by atoms with van der Waals surface area (Å²) in [6, 6.07) is 0. The van der Waals surface area contributed by atoms with Crippen molar-refractivity contribution in [3.05, 3.63) is 18.1 Å². The van der Waals surface area contributed by atoms with E-state index < -0.39 is 0 Å². The fourth-order valence-corrected chi connectivity index (χ4v) is 2.03. The van der Waals surface area contributed by atoms with Gasteiger partial charge in [0.1, 0.15) is 5.82 Å². The smallest absolute Gasteiger partial charge is 0.147 e. The molecule has 15 heavy (non-hydrogen) atoms. The summed E-state index contributed by atoms with van der Waals surface area (Å²) in [4.78, 5) is 10.9. The Hall–Kier alpha value is -0.830. The fraction of sp³-hybridized carbons (Fsp3) is 0.636. The number of alkyl halides is 1. The van der Waals surface area contributed by atoms with Crippen molar-refractivity contribution in [3.8, 4) is 0 Å². The van der Waals surface area contributed by atoms with Crippen LogP contribution in [0.2, 0.25) is 0 Å². The second-order valence-electron chi connectivity index (χ2n) is 4.84. The highest BCUT2D eigenvalue weighted by Crippen LogP contribution is 2.31. The molecule has 0 aromatic carbocycles. The summed E-state index contributed by atoms with van der Waals surface area (Å²) in [5, 5.41) is 0. The van der Waals surface area contributed by atoms with E-state index in [1.54, 1.807) is 6.20 Å². The molecule has 0 unspecified atom stereocenters. The minimum atomic E-state index is 0.396. The Labute approximate surface area is 95.5 Å². The molecular formula is C11H16ClN3. The summed E-state index contributed by atoms with van der Waals surface area (Å²) in [5.41, 5.74) is 1.23. The number of hydrogen-bond acceptors (Lipinski definition) is 3. The average Bonchev–Trinajstić information content (AvgIpc) is 2.59. The Bertz CT molecular complexity index is 334. The minimum absolute atomic E-state index is 0.396. The predicted molar refractivity (Wildman–Crippen MR) is 62.2 cm³/mol. The van der Waals surface area contributed by atoms with Gasteiger partial charge in [-0.2, -0.15) is 0 Å². The summed E-state index contributed by atoms with van der Waals surface area (Å²) < 4.78 is 0. The number of aromatic nitrogens is 2. The molecule has 0 amide bonds. The molecule has 0 bridgehead atoms. The Morgan fingerprint density at radius 2 is 2.20 bits per heavy atom. The van der Waals surface area contributed by atoms with Crippen molar-refractivity contribution in [2.45, 2.75) is 26.1 Å². The van der Waals surface area contributed by atoms with Crippen molar-refractivity contribution in [3.63, 3.8) is 0 Å². The van der Waals surface area contributed by atoms with Crippen LogP contribution in [0.5, 0.6) is 0 Å². The minimum Gasteiger partial charge on any atom is -0.355 e. The molecule has 1 aliphatic rings. The van der Waals surface area contributed by atoms with Crippen LogP contribution >= 0.6 is 11.6 Å². The molecule has 1 aromatic heterocycles. The molecule has 1 saturated heterocycles. The second kappa shape index (κ2) is 3.97. The van der Waals surface area contributed by atoms with E-state index in [4.69, 9.17) is 11.6 Å². The predicted octanol–water partition coefficient (Wildman–Crippen LogP) is 2.45. The van der Waals surface area contributed by atoms with E-state index in [0.717, 1.165) is 24.6 Å². The van der Waals surface area contributed by atoms with Crippen molar-refractivity contribution >= 4 is 17.4 Å². The molecule has 0 saturated carbocycles. The lowest BCUT2D eigenvalue weighted by molar-refractivity contribution is 0.418. The highest BCUT2D eigenvalue weighted by atomic mass is 35.5. The Kier molecular flexibility index (Phi) is 2.83. The average molecular weight is 226 g/mol. The van der Waals surface area contributed by atoms with E-state index in [2.05, 4.69) is 28.7 Å². The largest absolute Gasteiger partial charge is 0.355 e. The number of anilines is 1. The van der Waals surface area contributed by atoms with Gasteiger partial charge in [0.2, 0.25) is 0 Å². The first-order chi connectivity index (χ1) is 7.11. The van der Waals surface area contributed by atoms with Gasteiger partial charge in [0.25, 0.3) is 0 Å². The zero-order valence-electron chi connectivity index (χ0n) is 9.20. The number of hydrogen-bond donors (Lipinski definition) is 0. The zero-order valence-corrected chi connectivity index (χ0v) is 9.96. The highest BCUT2D eigenvalue weighted by Gasteiger charge is 2.29. The van der Waals surface area contributed by atoms with Crippen LogP contribution in [-0.4, -0.2) is 23.1 Å². The van der Waals surface area contributed by atoms with Crippen LogP contribution in [0.4, 0.5) is 5.82 Å². The summed E-state index contributed by atoms with van der Waals surface area (Å²) in [5.74, 6) is 1.40. The van der Waals surface area contributed by atoms with Gasteiger partial charge in [-0.15, -0.1) is 11.6 Å². The highest BCUT2D eigenvalue weighted by molar-refractivity contribution is 6.16. The standard InChI is InChI=1S/C11H16ClN3/c1-11(2)3-4-15(8-11)10-7-13-9(5-12)6-14-10/h6-7H,3-5,8H2,1-2H3. The van der Waals surface area contributed by atoms with Crippen LogP contribution in [0.25, 0.3) is 0 Å². The summed E-state index contributed by atoms with van der Waals surface area (Å²) in [6.45, 7) is 6.70. The first-order valence-corrected chi connectivity index (χ1v) is 5.76. The van der Waals surface area contributed by atoms with Gasteiger partial charge in [-0.25, -0.2) is 4.98 Å². The van der Waals surface area contributed by atoms with Crippen molar-refractivity contribution in [2.75, 3.05) is 18.0 Å². The summed E-state index contributed by atoms with van der Waals surface area (Å²) in [6.07, 6.45) is 4.79. The topological polar surface area (TPSA) is 29.0 Å². The van der Waals surface area contributed by atoms with Gasteiger partial charge in [0, 0.05) is 13.1 Å². The molecule has 1 aromatic rings. The van der Waals surface area contributed by atoms with Crippen LogP contribution in [0, 0.1) is 5.41 Å². The first-order valence-electron chi connectivity index (χ1n) is 5.22. The van der Waals surface area contributed by atoms with Gasteiger partial charge in [-0.3, -0.25) is 4.98 Å². The van der Waals surface area contributed by atoms with Crippen LogP contribution in [-0.2, 0) is 5.88 Å². The van der Waals surface area contributed by atoms with Crippen LogP contribution in [0.1, 0.15) is 26.0 Å². The maximum Gasteiger partial charge on any atom is 0.147 e. The third kappa shape index (κ3) is 2.40. The molecule has 1 aliphatic heterocycles. The molecule has 0 radical (unpaired) electrons. The lowest BCUT2D eigenvalue weighted by Crippen LogP contribution is -2.23. The molecular weight excluding hydrogens is 210 g/mol. The Balaban J connectivity index is 2.11. The molecule has 2 rings (SSSR count). The van der Waals surface area contributed by atoms with Gasteiger partial charge < -0.3 is 4.90 Å². The van der Waals surface area contributed by atoms with Gasteiger partial charge >= 0.3 is 0 Å². The van der Waals surface area contributed by atoms with E-state index in [1.165, 1.54) is 6.42 Å². The number of rotatable bonds is 2. The van der Waals surface area contributed by atoms with Crippen LogP contribution in [0.3, 0.4) is 0 Å². The molecule has 0 spiro atoms. The molecule has 82 valence electrons. The molecule has 2 heterocycles. The number of halogens is 1. The van der Waals surface area contributed by atoms with Gasteiger partial charge in [-0.1, -0.05) is 13.8 Å². The monoisotopic (exact) mass is 225 g/mol. The second-order valence-corrected chi connectivity index (χ2v) is 5.10. The van der Waals surface area contributed by atoms with Gasteiger partial charge in [0.05, 0.1) is 24.0 Å². The molecule has 0 N–H and O–H groups in total. The quantitative estimate of drug-likeness (QED) is 0.724. The van der Waals surface area contributed by atoms with Crippen LogP contribution in [0.15, 0.2) is 12.4 Å².